The van der Waals surface area contributed by atoms with Crippen LogP contribution in [0.15, 0.2) is 42.5 Å². The topological polar surface area (TPSA) is 109 Å². The summed E-state index contributed by atoms with van der Waals surface area (Å²) in [7, 11) is 1.72. The van der Waals surface area contributed by atoms with Crippen molar-refractivity contribution in [3.63, 3.8) is 0 Å². The van der Waals surface area contributed by atoms with Gasteiger partial charge in [0.2, 0.25) is 5.91 Å². The van der Waals surface area contributed by atoms with Gasteiger partial charge in [0.15, 0.2) is 0 Å². The summed E-state index contributed by atoms with van der Waals surface area (Å²) in [5.41, 5.74) is 0.713. The van der Waals surface area contributed by atoms with Crippen LogP contribution in [-0.4, -0.2) is 61.2 Å². The summed E-state index contributed by atoms with van der Waals surface area (Å²) in [5.74, 6) is -0.506. The number of benzene rings is 2. The fourth-order valence-corrected chi connectivity index (χ4v) is 4.43. The van der Waals surface area contributed by atoms with E-state index < -0.39 is 11.8 Å². The summed E-state index contributed by atoms with van der Waals surface area (Å²) in [6.07, 6.45) is 1.01. The third-order valence-electron chi connectivity index (χ3n) is 6.18. The fourth-order valence-electron chi connectivity index (χ4n) is 4.43. The molecule has 0 aromatic heterocycles. The Kier molecular flexibility index (Phi) is 7.50. The number of anilines is 2. The molecule has 35 heavy (non-hydrogen) atoms. The highest BCUT2D eigenvalue weighted by Crippen LogP contribution is 2.32. The highest BCUT2D eigenvalue weighted by Gasteiger charge is 2.39. The second kappa shape index (κ2) is 10.7. The van der Waals surface area contributed by atoms with E-state index in [4.69, 9.17) is 9.47 Å². The minimum atomic E-state index is -0.637. The molecular formula is C25H29FN4O5. The Morgan fingerprint density at radius 3 is 2.71 bits per heavy atom. The van der Waals surface area contributed by atoms with Gasteiger partial charge in [-0.3, -0.25) is 9.59 Å². The molecule has 186 valence electrons. The minimum absolute atomic E-state index is 0.0456. The first kappa shape index (κ1) is 24.5. The van der Waals surface area contributed by atoms with E-state index in [9.17, 15) is 18.8 Å². The number of nitrogens with one attached hydrogen (secondary N) is 3. The number of ether oxygens (including phenoxy) is 2. The number of carbonyl (C=O) groups excluding carboxylic acids is 3. The van der Waals surface area contributed by atoms with Gasteiger partial charge in [0.1, 0.15) is 24.3 Å². The molecule has 10 heteroatoms. The Labute approximate surface area is 203 Å². The van der Waals surface area contributed by atoms with Gasteiger partial charge in [0.05, 0.1) is 29.8 Å². The van der Waals surface area contributed by atoms with E-state index in [-0.39, 0.29) is 48.8 Å². The highest BCUT2D eigenvalue weighted by atomic mass is 19.1. The lowest BCUT2D eigenvalue weighted by Crippen LogP contribution is -2.54. The molecule has 2 heterocycles. The van der Waals surface area contributed by atoms with Crippen LogP contribution in [0.5, 0.6) is 5.75 Å². The molecule has 2 aliphatic rings. The molecular weight excluding hydrogens is 455 g/mol. The molecule has 0 spiro atoms. The molecule has 1 fully saturated rings. The van der Waals surface area contributed by atoms with Crippen molar-refractivity contribution < 1.29 is 28.2 Å². The Hall–Kier alpha value is -3.66. The molecule has 0 aliphatic carbocycles. The van der Waals surface area contributed by atoms with Crippen LogP contribution < -0.4 is 20.7 Å². The molecule has 2 aliphatic heterocycles. The molecule has 2 aromatic rings. The predicted molar refractivity (Wildman–Crippen MR) is 128 cm³/mol. The molecule has 0 saturated carbocycles. The number of hydrogen-bond donors (Lipinski definition) is 3. The zero-order valence-electron chi connectivity index (χ0n) is 19.7. The Morgan fingerprint density at radius 2 is 1.94 bits per heavy atom. The van der Waals surface area contributed by atoms with Crippen LogP contribution in [0.4, 0.5) is 20.6 Å². The van der Waals surface area contributed by atoms with Crippen molar-refractivity contribution in [3.8, 4) is 5.75 Å². The van der Waals surface area contributed by atoms with Crippen molar-refractivity contribution in [2.45, 2.75) is 44.4 Å². The lowest BCUT2D eigenvalue weighted by atomic mass is 9.94. The van der Waals surface area contributed by atoms with Crippen molar-refractivity contribution in [3.05, 3.63) is 53.8 Å². The van der Waals surface area contributed by atoms with Gasteiger partial charge in [-0.25, -0.2) is 9.18 Å². The van der Waals surface area contributed by atoms with Crippen LogP contribution in [0, 0.1) is 5.82 Å². The average molecular weight is 485 g/mol. The predicted octanol–water partition coefficient (Wildman–Crippen LogP) is 3.38. The van der Waals surface area contributed by atoms with E-state index in [1.54, 1.807) is 30.1 Å². The van der Waals surface area contributed by atoms with Crippen molar-refractivity contribution >= 4 is 29.2 Å². The number of likely N-dealkylation sites (N-methyl/N-ethyl adjacent to an activating group) is 1. The van der Waals surface area contributed by atoms with Gasteiger partial charge < -0.3 is 30.3 Å². The van der Waals surface area contributed by atoms with Crippen LogP contribution in [0.1, 0.15) is 36.5 Å². The van der Waals surface area contributed by atoms with Crippen LogP contribution in [0.3, 0.4) is 0 Å². The fraction of sp³-hybridized carbons (Fsp3) is 0.400. The highest BCUT2D eigenvalue weighted by molar-refractivity contribution is 6.02. The standard InChI is InChI=1S/C25H29FN4O5/c1-3-27-23(31)13-16-9-10-20-22(35-16)14-34-21-11-8-15(12-17(21)24(32)30(20)2)28-25(33)29-19-7-5-4-6-18(19)26/h4-8,11-12,16,20,22H,3,9-10,13-14H2,1-2H3,(H,27,31)(H2,28,29,33)/t16-,20-,22+/m1/s1. The summed E-state index contributed by atoms with van der Waals surface area (Å²) < 4.78 is 25.9. The quantitative estimate of drug-likeness (QED) is 0.603. The monoisotopic (exact) mass is 484 g/mol. The zero-order chi connectivity index (χ0) is 24.9. The number of hydrogen-bond acceptors (Lipinski definition) is 5. The van der Waals surface area contributed by atoms with Gasteiger partial charge in [-0.1, -0.05) is 12.1 Å². The maximum absolute atomic E-state index is 13.8. The SMILES string of the molecule is CCNC(=O)C[C@H]1CC[C@@H]2[C@H](COc3ccc(NC(=O)Nc4ccccc4F)cc3C(=O)N2C)O1. The lowest BCUT2D eigenvalue weighted by molar-refractivity contribution is -0.133. The number of fused-ring (bicyclic) bond motifs is 2. The number of para-hydroxylation sites is 1. The Balaban J connectivity index is 1.46. The summed E-state index contributed by atoms with van der Waals surface area (Å²) in [5, 5.41) is 7.85. The first-order valence-corrected chi connectivity index (χ1v) is 11.6. The van der Waals surface area contributed by atoms with E-state index in [0.717, 1.165) is 0 Å². The summed E-state index contributed by atoms with van der Waals surface area (Å²) in [6.45, 7) is 2.66. The number of carbonyl (C=O) groups is 3. The van der Waals surface area contributed by atoms with Gasteiger partial charge in [-0.15, -0.1) is 0 Å². The third kappa shape index (κ3) is 5.71. The summed E-state index contributed by atoms with van der Waals surface area (Å²) in [4.78, 5) is 39.3. The second-order valence-corrected chi connectivity index (χ2v) is 8.60. The van der Waals surface area contributed by atoms with Gasteiger partial charge in [-0.2, -0.15) is 0 Å². The molecule has 0 radical (unpaired) electrons. The minimum Gasteiger partial charge on any atom is -0.490 e. The Bertz CT molecular complexity index is 1110. The van der Waals surface area contributed by atoms with E-state index >= 15 is 0 Å². The molecule has 3 atom stereocenters. The van der Waals surface area contributed by atoms with Gasteiger partial charge in [-0.05, 0) is 50.1 Å². The van der Waals surface area contributed by atoms with Crippen molar-refractivity contribution in [2.75, 3.05) is 30.8 Å². The van der Waals surface area contributed by atoms with Crippen LogP contribution in [0.2, 0.25) is 0 Å². The van der Waals surface area contributed by atoms with Crippen molar-refractivity contribution in [2.24, 2.45) is 0 Å². The zero-order valence-corrected chi connectivity index (χ0v) is 19.7. The molecule has 4 amide bonds. The van der Waals surface area contributed by atoms with Gasteiger partial charge in [0.25, 0.3) is 5.91 Å². The Morgan fingerprint density at radius 1 is 1.14 bits per heavy atom. The number of nitrogens with zero attached hydrogens (tertiary/aromatic N) is 1. The first-order chi connectivity index (χ1) is 16.9. The maximum atomic E-state index is 13.8. The normalized spacial score (nSPS) is 21.5. The number of rotatable bonds is 5. The number of halogens is 1. The summed E-state index contributed by atoms with van der Waals surface area (Å²) in [6, 6.07) is 9.74. The van der Waals surface area contributed by atoms with Crippen molar-refractivity contribution in [1.29, 1.82) is 0 Å². The first-order valence-electron chi connectivity index (χ1n) is 11.6. The molecule has 1 saturated heterocycles. The molecule has 3 N–H and O–H groups in total. The van der Waals surface area contributed by atoms with Gasteiger partial charge >= 0.3 is 6.03 Å². The lowest BCUT2D eigenvalue weighted by Gasteiger charge is -2.42. The molecule has 2 aromatic carbocycles. The van der Waals surface area contributed by atoms with E-state index in [0.29, 0.717) is 36.4 Å². The largest absolute Gasteiger partial charge is 0.490 e. The van der Waals surface area contributed by atoms with Gasteiger partial charge in [0, 0.05) is 19.3 Å². The van der Waals surface area contributed by atoms with E-state index in [2.05, 4.69) is 16.0 Å². The van der Waals surface area contributed by atoms with Crippen molar-refractivity contribution in [1.82, 2.24) is 10.2 Å². The average Bonchev–Trinajstić information content (AvgIpc) is 2.83. The molecule has 9 nitrogen and oxygen atoms in total. The number of urea groups is 1. The van der Waals surface area contributed by atoms with E-state index in [1.165, 1.54) is 24.3 Å². The summed E-state index contributed by atoms with van der Waals surface area (Å²) >= 11 is 0. The van der Waals surface area contributed by atoms with Crippen LogP contribution in [-0.2, 0) is 9.53 Å². The van der Waals surface area contributed by atoms with Crippen LogP contribution in [0.25, 0.3) is 0 Å². The molecule has 0 bridgehead atoms. The maximum Gasteiger partial charge on any atom is 0.323 e. The smallest absolute Gasteiger partial charge is 0.323 e. The molecule has 0 unspecified atom stereocenters. The number of amides is 4. The third-order valence-corrected chi connectivity index (χ3v) is 6.18. The second-order valence-electron chi connectivity index (χ2n) is 8.60. The molecule has 4 rings (SSSR count). The van der Waals surface area contributed by atoms with E-state index in [1.807, 2.05) is 6.92 Å². The van der Waals surface area contributed by atoms with Crippen LogP contribution >= 0.6 is 0 Å².